The number of thioether (sulfide) groups is 1. The van der Waals surface area contributed by atoms with Gasteiger partial charge >= 0.3 is 0 Å². The van der Waals surface area contributed by atoms with Crippen molar-refractivity contribution in [3.63, 3.8) is 0 Å². The molecule has 2 heterocycles. The highest BCUT2D eigenvalue weighted by Gasteiger charge is 2.09. The number of rotatable bonds is 4. The molecule has 0 saturated carbocycles. The minimum absolute atomic E-state index is 0.797. The van der Waals surface area contributed by atoms with Crippen molar-refractivity contribution < 1.29 is 0 Å². The Morgan fingerprint density at radius 3 is 2.88 bits per heavy atom. The van der Waals surface area contributed by atoms with Crippen molar-refractivity contribution in [2.45, 2.75) is 24.2 Å². The highest BCUT2D eigenvalue weighted by molar-refractivity contribution is 7.99. The van der Waals surface area contributed by atoms with Crippen LogP contribution in [0.25, 0.3) is 0 Å². The van der Waals surface area contributed by atoms with E-state index in [9.17, 15) is 0 Å². The summed E-state index contributed by atoms with van der Waals surface area (Å²) in [6, 6.07) is 2.00. The number of hydrogen-bond acceptors (Lipinski definition) is 4. The Labute approximate surface area is 101 Å². The molecular weight excluding hydrogens is 218 g/mol. The molecular formula is C12H19N3S. The number of piperidine rings is 1. The summed E-state index contributed by atoms with van der Waals surface area (Å²) < 4.78 is 0. The summed E-state index contributed by atoms with van der Waals surface area (Å²) in [7, 11) is 0. The van der Waals surface area contributed by atoms with E-state index in [1.807, 2.05) is 17.8 Å². The molecule has 2 N–H and O–H groups in total. The molecule has 1 fully saturated rings. The van der Waals surface area contributed by atoms with Crippen molar-refractivity contribution in [1.29, 1.82) is 0 Å². The van der Waals surface area contributed by atoms with Crippen molar-refractivity contribution in [1.82, 2.24) is 9.88 Å². The Balaban J connectivity index is 1.73. The van der Waals surface area contributed by atoms with Crippen LogP contribution in [0.5, 0.6) is 0 Å². The van der Waals surface area contributed by atoms with Gasteiger partial charge in [-0.2, -0.15) is 0 Å². The zero-order valence-electron chi connectivity index (χ0n) is 9.56. The largest absolute Gasteiger partial charge is 0.397 e. The smallest absolute Gasteiger partial charge is 0.0638 e. The van der Waals surface area contributed by atoms with Crippen LogP contribution in [0.3, 0.4) is 0 Å². The average Bonchev–Trinajstić information content (AvgIpc) is 2.33. The lowest BCUT2D eigenvalue weighted by atomic mass is 10.1. The number of aromatic nitrogens is 1. The summed E-state index contributed by atoms with van der Waals surface area (Å²) in [6.07, 6.45) is 7.66. The van der Waals surface area contributed by atoms with Gasteiger partial charge in [-0.25, -0.2) is 0 Å². The highest BCUT2D eigenvalue weighted by Crippen LogP contribution is 2.23. The van der Waals surface area contributed by atoms with E-state index in [1.54, 1.807) is 12.4 Å². The summed E-state index contributed by atoms with van der Waals surface area (Å²) in [4.78, 5) is 7.70. The first kappa shape index (κ1) is 11.7. The number of hydrogen-bond donors (Lipinski definition) is 1. The Morgan fingerprint density at radius 1 is 1.31 bits per heavy atom. The van der Waals surface area contributed by atoms with Crippen LogP contribution < -0.4 is 5.73 Å². The summed E-state index contributed by atoms with van der Waals surface area (Å²) >= 11 is 1.83. The van der Waals surface area contributed by atoms with Crippen molar-refractivity contribution in [2.24, 2.45) is 0 Å². The fourth-order valence-corrected chi connectivity index (χ4v) is 2.94. The maximum absolute atomic E-state index is 5.84. The second-order valence-electron chi connectivity index (χ2n) is 4.16. The van der Waals surface area contributed by atoms with Crippen LogP contribution >= 0.6 is 11.8 Å². The molecule has 0 radical (unpaired) electrons. The molecule has 88 valence electrons. The first-order valence-corrected chi connectivity index (χ1v) is 6.89. The van der Waals surface area contributed by atoms with Crippen molar-refractivity contribution in [2.75, 3.05) is 31.1 Å². The summed E-state index contributed by atoms with van der Waals surface area (Å²) in [5.41, 5.74) is 6.64. The fourth-order valence-electron chi connectivity index (χ4n) is 1.99. The minimum atomic E-state index is 0.797. The fraction of sp³-hybridized carbons (Fsp3) is 0.583. The Bertz CT molecular complexity index is 324. The van der Waals surface area contributed by atoms with Crippen LogP contribution in [0.15, 0.2) is 23.4 Å². The SMILES string of the molecule is Nc1cnccc1SCCN1CCCCC1. The standard InChI is InChI=1S/C12H19N3S/c13-11-10-14-5-4-12(11)16-9-8-15-6-2-1-3-7-15/h4-5,10H,1-3,6-9,13H2. The van der Waals surface area contributed by atoms with Gasteiger partial charge in [-0.15, -0.1) is 11.8 Å². The predicted molar refractivity (Wildman–Crippen MR) is 69.7 cm³/mol. The van der Waals surface area contributed by atoms with Crippen LogP contribution in [-0.4, -0.2) is 35.3 Å². The third-order valence-electron chi connectivity index (χ3n) is 2.92. The van der Waals surface area contributed by atoms with Crippen LogP contribution in [0.2, 0.25) is 0 Å². The van der Waals surface area contributed by atoms with Gasteiger partial charge in [-0.05, 0) is 32.0 Å². The Kier molecular flexibility index (Phi) is 4.48. The van der Waals surface area contributed by atoms with Gasteiger partial charge < -0.3 is 10.6 Å². The molecule has 3 nitrogen and oxygen atoms in total. The maximum atomic E-state index is 5.84. The first-order chi connectivity index (χ1) is 7.86. The summed E-state index contributed by atoms with van der Waals surface area (Å²) in [5, 5.41) is 0. The molecule has 1 aliphatic heterocycles. The van der Waals surface area contributed by atoms with Gasteiger partial charge in [0.2, 0.25) is 0 Å². The van der Waals surface area contributed by atoms with E-state index in [2.05, 4.69) is 9.88 Å². The number of pyridine rings is 1. The molecule has 0 atom stereocenters. The van der Waals surface area contributed by atoms with E-state index >= 15 is 0 Å². The lowest BCUT2D eigenvalue weighted by molar-refractivity contribution is 0.242. The van der Waals surface area contributed by atoms with Gasteiger partial charge in [-0.1, -0.05) is 6.42 Å². The molecule has 0 amide bonds. The van der Waals surface area contributed by atoms with E-state index in [-0.39, 0.29) is 0 Å². The van der Waals surface area contributed by atoms with Crippen LogP contribution in [0.4, 0.5) is 5.69 Å². The van der Waals surface area contributed by atoms with Gasteiger partial charge in [0.25, 0.3) is 0 Å². The normalized spacial score (nSPS) is 17.5. The molecule has 0 aromatic carbocycles. The number of nitrogen functional groups attached to an aromatic ring is 1. The highest BCUT2D eigenvalue weighted by atomic mass is 32.2. The summed E-state index contributed by atoms with van der Waals surface area (Å²) in [6.45, 7) is 3.71. The van der Waals surface area contributed by atoms with Crippen LogP contribution in [0.1, 0.15) is 19.3 Å². The number of nitrogens with zero attached hydrogens (tertiary/aromatic N) is 2. The van der Waals surface area contributed by atoms with E-state index in [1.165, 1.54) is 38.9 Å². The Hall–Kier alpha value is -0.740. The first-order valence-electron chi connectivity index (χ1n) is 5.91. The minimum Gasteiger partial charge on any atom is -0.397 e. The predicted octanol–water partition coefficient (Wildman–Crippen LogP) is 2.24. The second kappa shape index (κ2) is 6.11. The zero-order valence-corrected chi connectivity index (χ0v) is 10.4. The van der Waals surface area contributed by atoms with Crippen molar-refractivity contribution in [3.05, 3.63) is 18.5 Å². The van der Waals surface area contributed by atoms with Crippen molar-refractivity contribution in [3.8, 4) is 0 Å². The molecule has 0 unspecified atom stereocenters. The van der Waals surface area contributed by atoms with E-state index in [0.29, 0.717) is 0 Å². The molecule has 1 saturated heterocycles. The maximum Gasteiger partial charge on any atom is 0.0638 e. The molecule has 1 aliphatic rings. The molecule has 1 aromatic heterocycles. The topological polar surface area (TPSA) is 42.1 Å². The third kappa shape index (κ3) is 3.39. The van der Waals surface area contributed by atoms with Gasteiger partial charge in [-0.3, -0.25) is 4.98 Å². The molecule has 0 aliphatic carbocycles. The van der Waals surface area contributed by atoms with E-state index in [0.717, 1.165) is 16.3 Å². The lowest BCUT2D eigenvalue weighted by Crippen LogP contribution is -2.31. The second-order valence-corrected chi connectivity index (χ2v) is 5.30. The van der Waals surface area contributed by atoms with Gasteiger partial charge in [0.1, 0.15) is 0 Å². The molecule has 2 rings (SSSR count). The molecule has 1 aromatic rings. The Morgan fingerprint density at radius 2 is 2.12 bits per heavy atom. The van der Waals surface area contributed by atoms with Gasteiger partial charge in [0.15, 0.2) is 0 Å². The molecule has 16 heavy (non-hydrogen) atoms. The summed E-state index contributed by atoms with van der Waals surface area (Å²) in [5.74, 6) is 1.12. The lowest BCUT2D eigenvalue weighted by Gasteiger charge is -2.26. The van der Waals surface area contributed by atoms with Crippen LogP contribution in [-0.2, 0) is 0 Å². The molecule has 4 heteroatoms. The molecule has 0 bridgehead atoms. The van der Waals surface area contributed by atoms with Gasteiger partial charge in [0.05, 0.1) is 11.9 Å². The number of nitrogens with two attached hydrogens (primary N) is 1. The number of likely N-dealkylation sites (tertiary alicyclic amines) is 1. The molecule has 0 spiro atoms. The van der Waals surface area contributed by atoms with Crippen molar-refractivity contribution >= 4 is 17.4 Å². The number of anilines is 1. The van der Waals surface area contributed by atoms with Gasteiger partial charge in [0, 0.05) is 23.4 Å². The zero-order chi connectivity index (χ0) is 11.2. The quantitative estimate of drug-likeness (QED) is 0.816. The monoisotopic (exact) mass is 237 g/mol. The third-order valence-corrected chi connectivity index (χ3v) is 3.99. The van der Waals surface area contributed by atoms with Crippen LogP contribution in [0, 0.1) is 0 Å². The van der Waals surface area contributed by atoms with E-state index < -0.39 is 0 Å². The average molecular weight is 237 g/mol. The van der Waals surface area contributed by atoms with E-state index in [4.69, 9.17) is 5.73 Å².